The van der Waals surface area contributed by atoms with Gasteiger partial charge in [-0.05, 0) is 35.9 Å². The van der Waals surface area contributed by atoms with E-state index in [9.17, 15) is 0 Å². The van der Waals surface area contributed by atoms with Crippen LogP contribution in [-0.4, -0.2) is 14.1 Å². The van der Waals surface area contributed by atoms with Gasteiger partial charge in [-0.25, -0.2) is 0 Å². The molecule has 19 heavy (non-hydrogen) atoms. The molecule has 4 heteroatoms. The zero-order chi connectivity index (χ0) is 13.8. The van der Waals surface area contributed by atoms with Gasteiger partial charge in [0.2, 0.25) is 0 Å². The van der Waals surface area contributed by atoms with Gasteiger partial charge in [0.1, 0.15) is 0 Å². The molecule has 0 amide bonds. The maximum atomic E-state index is 5.95. The highest BCUT2D eigenvalue weighted by Crippen LogP contribution is 2.25. The molecule has 0 aliphatic rings. The van der Waals surface area contributed by atoms with Crippen LogP contribution in [0.15, 0.2) is 42.5 Å². The topological polar surface area (TPSA) is 67.3 Å². The Kier molecular flexibility index (Phi) is 3.80. The molecule has 0 aliphatic carbocycles. The molecule has 0 aromatic heterocycles. The molecule has 5 N–H and O–H groups in total. The molecule has 0 bridgehead atoms. The lowest BCUT2D eigenvalue weighted by molar-refractivity contribution is 1.10. The van der Waals surface area contributed by atoms with E-state index in [1.807, 2.05) is 44.4 Å². The van der Waals surface area contributed by atoms with Crippen LogP contribution in [0.3, 0.4) is 0 Å². The SMILES string of the molecule is CN(C)c1ccccc1NCc1cc(N)ccc1N. The van der Waals surface area contributed by atoms with E-state index < -0.39 is 0 Å². The summed E-state index contributed by atoms with van der Waals surface area (Å²) in [5.41, 5.74) is 16.4. The molecule has 4 nitrogen and oxygen atoms in total. The first-order valence-corrected chi connectivity index (χ1v) is 6.22. The van der Waals surface area contributed by atoms with Crippen molar-refractivity contribution >= 4 is 22.7 Å². The van der Waals surface area contributed by atoms with Crippen LogP contribution in [0.2, 0.25) is 0 Å². The zero-order valence-electron chi connectivity index (χ0n) is 11.4. The highest BCUT2D eigenvalue weighted by Gasteiger charge is 2.04. The Morgan fingerprint density at radius 1 is 1.05 bits per heavy atom. The molecule has 2 aromatic rings. The number of hydrogen-bond donors (Lipinski definition) is 3. The molecule has 2 aromatic carbocycles. The minimum atomic E-state index is 0.654. The molecule has 0 saturated carbocycles. The second-order valence-corrected chi connectivity index (χ2v) is 4.72. The van der Waals surface area contributed by atoms with Crippen molar-refractivity contribution in [3.05, 3.63) is 48.0 Å². The van der Waals surface area contributed by atoms with Gasteiger partial charge in [-0.1, -0.05) is 12.1 Å². The van der Waals surface area contributed by atoms with Gasteiger partial charge in [-0.2, -0.15) is 0 Å². The third kappa shape index (κ3) is 3.10. The average Bonchev–Trinajstić information content (AvgIpc) is 2.40. The Bertz CT molecular complexity index is 564. The first-order valence-electron chi connectivity index (χ1n) is 6.22. The Hall–Kier alpha value is -2.36. The summed E-state index contributed by atoms with van der Waals surface area (Å²) in [6, 6.07) is 13.7. The number of anilines is 4. The van der Waals surface area contributed by atoms with Crippen LogP contribution < -0.4 is 21.7 Å². The van der Waals surface area contributed by atoms with E-state index in [0.29, 0.717) is 6.54 Å². The number of nitrogens with two attached hydrogens (primary N) is 2. The third-order valence-electron chi connectivity index (χ3n) is 3.02. The van der Waals surface area contributed by atoms with Crippen molar-refractivity contribution in [3.63, 3.8) is 0 Å². The van der Waals surface area contributed by atoms with Gasteiger partial charge in [0.25, 0.3) is 0 Å². The first kappa shape index (κ1) is 13.1. The predicted molar refractivity (Wildman–Crippen MR) is 83.4 cm³/mol. The molecule has 0 saturated heterocycles. The van der Waals surface area contributed by atoms with Crippen LogP contribution in [0.1, 0.15) is 5.56 Å². The summed E-state index contributed by atoms with van der Waals surface area (Å²) in [5, 5.41) is 3.40. The van der Waals surface area contributed by atoms with Gasteiger partial charge in [0.15, 0.2) is 0 Å². The number of para-hydroxylation sites is 2. The second-order valence-electron chi connectivity index (χ2n) is 4.72. The molecule has 2 rings (SSSR count). The van der Waals surface area contributed by atoms with Crippen molar-refractivity contribution in [1.29, 1.82) is 0 Å². The number of rotatable bonds is 4. The molecule has 0 heterocycles. The molecule has 0 fully saturated rings. The van der Waals surface area contributed by atoms with Crippen molar-refractivity contribution in [1.82, 2.24) is 0 Å². The zero-order valence-corrected chi connectivity index (χ0v) is 11.4. The summed E-state index contributed by atoms with van der Waals surface area (Å²) in [5.74, 6) is 0. The number of hydrogen-bond acceptors (Lipinski definition) is 4. The fraction of sp³-hybridized carbons (Fsp3) is 0.200. The largest absolute Gasteiger partial charge is 0.399 e. The van der Waals surface area contributed by atoms with Gasteiger partial charge in [0, 0.05) is 32.0 Å². The number of benzene rings is 2. The molecular weight excluding hydrogens is 236 g/mol. The van der Waals surface area contributed by atoms with E-state index in [0.717, 1.165) is 28.3 Å². The third-order valence-corrected chi connectivity index (χ3v) is 3.02. The molecule has 0 radical (unpaired) electrons. The normalized spacial score (nSPS) is 10.2. The number of nitrogens with zero attached hydrogens (tertiary/aromatic N) is 1. The standard InChI is InChI=1S/C15H20N4/c1-19(2)15-6-4-3-5-14(15)18-10-11-9-12(16)7-8-13(11)17/h3-9,18H,10,16-17H2,1-2H3. The van der Waals surface area contributed by atoms with Crippen molar-refractivity contribution in [2.45, 2.75) is 6.54 Å². The van der Waals surface area contributed by atoms with Gasteiger partial charge in [-0.15, -0.1) is 0 Å². The maximum absolute atomic E-state index is 5.95. The lowest BCUT2D eigenvalue weighted by Crippen LogP contribution is -2.12. The summed E-state index contributed by atoms with van der Waals surface area (Å²) < 4.78 is 0. The second kappa shape index (κ2) is 5.52. The van der Waals surface area contributed by atoms with E-state index in [-0.39, 0.29) is 0 Å². The van der Waals surface area contributed by atoms with Crippen LogP contribution in [0.25, 0.3) is 0 Å². The minimum Gasteiger partial charge on any atom is -0.399 e. The van der Waals surface area contributed by atoms with Crippen LogP contribution in [-0.2, 0) is 6.54 Å². The summed E-state index contributed by atoms with van der Waals surface area (Å²) in [7, 11) is 4.05. The molecular formula is C15H20N4. The molecule has 0 spiro atoms. The number of nitrogens with one attached hydrogen (secondary N) is 1. The van der Waals surface area contributed by atoms with Crippen LogP contribution >= 0.6 is 0 Å². The van der Waals surface area contributed by atoms with Crippen LogP contribution in [0.5, 0.6) is 0 Å². The van der Waals surface area contributed by atoms with Crippen molar-refractivity contribution in [2.24, 2.45) is 0 Å². The van der Waals surface area contributed by atoms with Gasteiger partial charge < -0.3 is 21.7 Å². The van der Waals surface area contributed by atoms with E-state index in [2.05, 4.69) is 22.3 Å². The molecule has 0 aliphatic heterocycles. The van der Waals surface area contributed by atoms with Gasteiger partial charge >= 0.3 is 0 Å². The Morgan fingerprint density at radius 2 is 1.79 bits per heavy atom. The van der Waals surface area contributed by atoms with Gasteiger partial charge in [-0.3, -0.25) is 0 Å². The van der Waals surface area contributed by atoms with Crippen molar-refractivity contribution < 1.29 is 0 Å². The Morgan fingerprint density at radius 3 is 2.53 bits per heavy atom. The summed E-state index contributed by atoms with van der Waals surface area (Å²) in [4.78, 5) is 2.07. The molecule has 100 valence electrons. The fourth-order valence-corrected chi connectivity index (χ4v) is 1.98. The number of nitrogen functional groups attached to an aromatic ring is 2. The maximum Gasteiger partial charge on any atom is 0.0596 e. The van der Waals surface area contributed by atoms with E-state index >= 15 is 0 Å². The fourth-order valence-electron chi connectivity index (χ4n) is 1.98. The summed E-state index contributed by atoms with van der Waals surface area (Å²) >= 11 is 0. The average molecular weight is 256 g/mol. The summed E-state index contributed by atoms with van der Waals surface area (Å²) in [6.45, 7) is 0.654. The lowest BCUT2D eigenvalue weighted by Gasteiger charge is -2.18. The predicted octanol–water partition coefficient (Wildman–Crippen LogP) is 2.53. The van der Waals surface area contributed by atoms with Crippen molar-refractivity contribution in [3.8, 4) is 0 Å². The Balaban J connectivity index is 2.17. The molecule has 0 atom stereocenters. The van der Waals surface area contributed by atoms with Gasteiger partial charge in [0.05, 0.1) is 11.4 Å². The van der Waals surface area contributed by atoms with E-state index in [1.165, 1.54) is 0 Å². The molecule has 0 unspecified atom stereocenters. The smallest absolute Gasteiger partial charge is 0.0596 e. The first-order chi connectivity index (χ1) is 9.08. The Labute approximate surface area is 114 Å². The summed E-state index contributed by atoms with van der Waals surface area (Å²) in [6.07, 6.45) is 0. The minimum absolute atomic E-state index is 0.654. The monoisotopic (exact) mass is 256 g/mol. The lowest BCUT2D eigenvalue weighted by atomic mass is 10.1. The van der Waals surface area contributed by atoms with Crippen molar-refractivity contribution in [2.75, 3.05) is 35.8 Å². The van der Waals surface area contributed by atoms with Crippen LogP contribution in [0.4, 0.5) is 22.7 Å². The highest BCUT2D eigenvalue weighted by molar-refractivity contribution is 5.70. The van der Waals surface area contributed by atoms with Crippen LogP contribution in [0, 0.1) is 0 Å². The quantitative estimate of drug-likeness (QED) is 0.735. The van der Waals surface area contributed by atoms with E-state index in [4.69, 9.17) is 11.5 Å². The highest BCUT2D eigenvalue weighted by atomic mass is 15.1. The van der Waals surface area contributed by atoms with E-state index in [1.54, 1.807) is 0 Å².